The lowest BCUT2D eigenvalue weighted by atomic mass is 10.3. The standard InChI is InChI=1S/C12H10F3N3O2S/c13-12(14,15)20-8-3-1-7(2-4-8)17-11(19)9-6-21-10(5-16)18-9/h1-4,6H,5,16H2,(H,17,19). The molecular formula is C12H10F3N3O2S. The molecule has 9 heteroatoms. The molecule has 112 valence electrons. The third-order valence-corrected chi connectivity index (χ3v) is 3.18. The zero-order chi connectivity index (χ0) is 15.5. The van der Waals surface area contributed by atoms with Crippen molar-refractivity contribution in [3.8, 4) is 5.75 Å². The smallest absolute Gasteiger partial charge is 0.406 e. The molecule has 3 N–H and O–H groups in total. The van der Waals surface area contributed by atoms with E-state index in [2.05, 4.69) is 15.0 Å². The normalized spacial score (nSPS) is 11.2. The van der Waals surface area contributed by atoms with Gasteiger partial charge in [0.25, 0.3) is 5.91 Å². The van der Waals surface area contributed by atoms with E-state index in [1.165, 1.54) is 23.5 Å². The highest BCUT2D eigenvalue weighted by molar-refractivity contribution is 7.09. The van der Waals surface area contributed by atoms with Gasteiger partial charge in [0, 0.05) is 17.6 Å². The van der Waals surface area contributed by atoms with Crippen molar-refractivity contribution in [1.29, 1.82) is 0 Å². The summed E-state index contributed by atoms with van der Waals surface area (Å²) in [5.41, 5.74) is 5.93. The predicted octanol–water partition coefficient (Wildman–Crippen LogP) is 2.75. The van der Waals surface area contributed by atoms with Gasteiger partial charge >= 0.3 is 6.36 Å². The largest absolute Gasteiger partial charge is 0.573 e. The maximum absolute atomic E-state index is 12.0. The summed E-state index contributed by atoms with van der Waals surface area (Å²) in [5, 5.41) is 4.69. The molecule has 1 aromatic carbocycles. The lowest BCUT2D eigenvalue weighted by Crippen LogP contribution is -2.17. The van der Waals surface area contributed by atoms with Gasteiger partial charge in [-0.25, -0.2) is 4.98 Å². The van der Waals surface area contributed by atoms with Crippen LogP contribution < -0.4 is 15.8 Å². The first-order valence-electron chi connectivity index (χ1n) is 5.69. The topological polar surface area (TPSA) is 77.2 Å². The number of nitrogens with two attached hydrogens (primary N) is 1. The summed E-state index contributed by atoms with van der Waals surface area (Å²) in [6.45, 7) is 0.238. The second kappa shape index (κ2) is 6.10. The molecule has 2 aromatic rings. The number of hydrogen-bond donors (Lipinski definition) is 2. The van der Waals surface area contributed by atoms with E-state index in [1.807, 2.05) is 0 Å². The SMILES string of the molecule is NCc1nc(C(=O)Nc2ccc(OC(F)(F)F)cc2)cs1. The van der Waals surface area contributed by atoms with Crippen molar-refractivity contribution in [1.82, 2.24) is 4.98 Å². The van der Waals surface area contributed by atoms with Crippen molar-refractivity contribution in [3.05, 3.63) is 40.3 Å². The number of halogens is 3. The highest BCUT2D eigenvalue weighted by atomic mass is 32.1. The van der Waals surface area contributed by atoms with Gasteiger partial charge in [-0.2, -0.15) is 0 Å². The van der Waals surface area contributed by atoms with E-state index in [1.54, 1.807) is 5.38 Å². The minimum Gasteiger partial charge on any atom is -0.406 e. The molecule has 21 heavy (non-hydrogen) atoms. The average Bonchev–Trinajstić information content (AvgIpc) is 2.88. The molecule has 5 nitrogen and oxygen atoms in total. The van der Waals surface area contributed by atoms with E-state index in [9.17, 15) is 18.0 Å². The number of nitrogens with zero attached hydrogens (tertiary/aromatic N) is 1. The number of amides is 1. The van der Waals surface area contributed by atoms with Crippen LogP contribution >= 0.6 is 11.3 Å². The fraction of sp³-hybridized carbons (Fsp3) is 0.167. The number of anilines is 1. The minimum absolute atomic E-state index is 0.205. The molecule has 0 saturated heterocycles. The van der Waals surface area contributed by atoms with Crippen LogP contribution in [0.5, 0.6) is 5.75 Å². The lowest BCUT2D eigenvalue weighted by Gasteiger charge is -2.09. The van der Waals surface area contributed by atoms with Crippen LogP contribution in [0.4, 0.5) is 18.9 Å². The molecule has 1 amide bonds. The molecule has 0 aliphatic heterocycles. The van der Waals surface area contributed by atoms with Crippen molar-refractivity contribution in [2.24, 2.45) is 5.73 Å². The summed E-state index contributed by atoms with van der Waals surface area (Å²) in [5.74, 6) is -0.824. The summed E-state index contributed by atoms with van der Waals surface area (Å²) >= 11 is 1.26. The van der Waals surface area contributed by atoms with Gasteiger partial charge in [-0.05, 0) is 24.3 Å². The van der Waals surface area contributed by atoms with E-state index >= 15 is 0 Å². The summed E-state index contributed by atoms with van der Waals surface area (Å²) < 4.78 is 39.7. The van der Waals surface area contributed by atoms with Crippen molar-refractivity contribution in [2.45, 2.75) is 12.9 Å². The number of hydrogen-bond acceptors (Lipinski definition) is 5. The van der Waals surface area contributed by atoms with Crippen molar-refractivity contribution >= 4 is 22.9 Å². The number of thiazole rings is 1. The van der Waals surface area contributed by atoms with Crippen molar-refractivity contribution in [2.75, 3.05) is 5.32 Å². The van der Waals surface area contributed by atoms with Gasteiger partial charge < -0.3 is 15.8 Å². The molecule has 0 unspecified atom stereocenters. The van der Waals surface area contributed by atoms with Gasteiger partial charge in [-0.15, -0.1) is 24.5 Å². The predicted molar refractivity (Wildman–Crippen MR) is 71.1 cm³/mol. The molecule has 1 heterocycles. The molecule has 0 fully saturated rings. The number of alkyl halides is 3. The van der Waals surface area contributed by atoms with Gasteiger partial charge in [-0.1, -0.05) is 0 Å². The Kier molecular flexibility index (Phi) is 4.43. The van der Waals surface area contributed by atoms with E-state index < -0.39 is 12.3 Å². The van der Waals surface area contributed by atoms with E-state index in [4.69, 9.17) is 5.73 Å². The fourth-order valence-electron chi connectivity index (χ4n) is 1.44. The van der Waals surface area contributed by atoms with Gasteiger partial charge in [0.1, 0.15) is 16.5 Å². The summed E-state index contributed by atoms with van der Waals surface area (Å²) in [6.07, 6.45) is -4.75. The zero-order valence-corrected chi connectivity index (χ0v) is 11.3. The van der Waals surface area contributed by atoms with Crippen LogP contribution in [0, 0.1) is 0 Å². The number of rotatable bonds is 4. The Bertz CT molecular complexity index is 625. The Balaban J connectivity index is 2.01. The molecule has 0 atom stereocenters. The number of benzene rings is 1. The molecule has 0 saturated carbocycles. The zero-order valence-electron chi connectivity index (χ0n) is 10.5. The molecule has 0 spiro atoms. The molecule has 0 bridgehead atoms. The van der Waals surface area contributed by atoms with Gasteiger partial charge in [0.15, 0.2) is 0 Å². The molecule has 0 radical (unpaired) electrons. The third-order valence-electron chi connectivity index (χ3n) is 2.30. The summed E-state index contributed by atoms with van der Waals surface area (Å²) in [7, 11) is 0. The van der Waals surface area contributed by atoms with Crippen LogP contribution in [0.1, 0.15) is 15.5 Å². The van der Waals surface area contributed by atoms with E-state index in [0.29, 0.717) is 10.7 Å². The first-order valence-corrected chi connectivity index (χ1v) is 6.57. The quantitative estimate of drug-likeness (QED) is 0.909. The van der Waals surface area contributed by atoms with E-state index in [-0.39, 0.29) is 18.0 Å². The van der Waals surface area contributed by atoms with Gasteiger partial charge in [0.05, 0.1) is 0 Å². The van der Waals surface area contributed by atoms with Crippen LogP contribution in [-0.2, 0) is 6.54 Å². The Morgan fingerprint density at radius 2 is 2.00 bits per heavy atom. The van der Waals surface area contributed by atoms with Gasteiger partial charge in [-0.3, -0.25) is 4.79 Å². The Labute approximate surface area is 121 Å². The Morgan fingerprint density at radius 1 is 1.33 bits per heavy atom. The second-order valence-corrected chi connectivity index (χ2v) is 4.80. The summed E-state index contributed by atoms with van der Waals surface area (Å²) in [6, 6.07) is 4.81. The highest BCUT2D eigenvalue weighted by Crippen LogP contribution is 2.24. The van der Waals surface area contributed by atoms with Crippen molar-refractivity contribution in [3.63, 3.8) is 0 Å². The molecule has 0 aliphatic carbocycles. The maximum Gasteiger partial charge on any atom is 0.573 e. The lowest BCUT2D eigenvalue weighted by molar-refractivity contribution is -0.274. The third kappa shape index (κ3) is 4.43. The minimum atomic E-state index is -4.75. The van der Waals surface area contributed by atoms with Crippen LogP contribution in [-0.4, -0.2) is 17.3 Å². The first-order chi connectivity index (χ1) is 9.87. The van der Waals surface area contributed by atoms with Crippen molar-refractivity contribution < 1.29 is 22.7 Å². The molecule has 0 aliphatic rings. The first kappa shape index (κ1) is 15.3. The Hall–Kier alpha value is -2.13. The Morgan fingerprint density at radius 3 is 2.52 bits per heavy atom. The number of carbonyl (C=O) groups is 1. The number of nitrogens with one attached hydrogen (secondary N) is 1. The number of carbonyl (C=O) groups excluding carboxylic acids is 1. The van der Waals surface area contributed by atoms with E-state index in [0.717, 1.165) is 12.1 Å². The molecule has 2 rings (SSSR count). The molecule has 1 aromatic heterocycles. The highest BCUT2D eigenvalue weighted by Gasteiger charge is 2.30. The number of ether oxygens (including phenoxy) is 1. The number of aromatic nitrogens is 1. The average molecular weight is 317 g/mol. The maximum atomic E-state index is 12.0. The van der Waals surface area contributed by atoms with Crippen LogP contribution in [0.3, 0.4) is 0 Å². The monoisotopic (exact) mass is 317 g/mol. The summed E-state index contributed by atoms with van der Waals surface area (Å²) in [4.78, 5) is 15.8. The van der Waals surface area contributed by atoms with Crippen LogP contribution in [0.25, 0.3) is 0 Å². The molecular weight excluding hydrogens is 307 g/mol. The van der Waals surface area contributed by atoms with Crippen LogP contribution in [0.15, 0.2) is 29.6 Å². The van der Waals surface area contributed by atoms with Crippen LogP contribution in [0.2, 0.25) is 0 Å². The second-order valence-electron chi connectivity index (χ2n) is 3.86. The fourth-order valence-corrected chi connectivity index (χ4v) is 2.10. The van der Waals surface area contributed by atoms with Gasteiger partial charge in [0.2, 0.25) is 0 Å².